The maximum atomic E-state index is 15.1. The highest BCUT2D eigenvalue weighted by molar-refractivity contribution is 5.94. The number of carbonyl (C=O) groups excluding carboxylic acids is 1. The Labute approximate surface area is 258 Å². The van der Waals surface area contributed by atoms with E-state index >= 15 is 4.39 Å². The zero-order valence-corrected chi connectivity index (χ0v) is 28.2. The second-order valence-electron chi connectivity index (χ2n) is 9.79. The molecule has 0 radical (unpaired) electrons. The predicted octanol–water partition coefficient (Wildman–Crippen LogP) is 7.95. The smallest absolute Gasteiger partial charge is 0.253 e. The second kappa shape index (κ2) is 18.6. The number of nitrogens with two attached hydrogens (primary N) is 1. The van der Waals surface area contributed by atoms with Crippen LogP contribution in [0, 0.1) is 19.7 Å². The number of pyridine rings is 1. The van der Waals surface area contributed by atoms with Crippen LogP contribution in [-0.2, 0) is 13.6 Å². The number of amides is 1. The van der Waals surface area contributed by atoms with Crippen molar-refractivity contribution in [1.29, 1.82) is 0 Å². The average molecular weight is 593 g/mol. The number of anilines is 1. The molecule has 1 aromatic carbocycles. The molecule has 0 bridgehead atoms. The van der Waals surface area contributed by atoms with Crippen LogP contribution in [0.1, 0.15) is 80.7 Å². The fourth-order valence-corrected chi connectivity index (χ4v) is 4.75. The number of carbonyl (C=O) groups is 1. The highest BCUT2D eigenvalue weighted by Gasteiger charge is 2.20. The van der Waals surface area contributed by atoms with Gasteiger partial charge in [0, 0.05) is 75.6 Å². The quantitative estimate of drug-likeness (QED) is 0.315. The molecule has 0 unspecified atom stereocenters. The van der Waals surface area contributed by atoms with Gasteiger partial charge >= 0.3 is 0 Å². The number of rotatable bonds is 5. The number of halogens is 1. The second-order valence-corrected chi connectivity index (χ2v) is 9.79. The van der Waals surface area contributed by atoms with E-state index in [4.69, 9.17) is 5.73 Å². The maximum absolute atomic E-state index is 15.1. The van der Waals surface area contributed by atoms with Gasteiger partial charge in [0.05, 0.1) is 0 Å². The molecular formula is C35H53FN6O. The van der Waals surface area contributed by atoms with E-state index in [9.17, 15) is 4.79 Å². The van der Waals surface area contributed by atoms with E-state index < -0.39 is 0 Å². The molecule has 3 heterocycles. The fraction of sp³-hybridized carbons (Fsp3) is 0.429. The summed E-state index contributed by atoms with van der Waals surface area (Å²) in [4.78, 5) is 20.3. The molecular weight excluding hydrogens is 539 g/mol. The van der Waals surface area contributed by atoms with Gasteiger partial charge in [-0.05, 0) is 78.9 Å². The molecule has 3 aromatic rings. The highest BCUT2D eigenvalue weighted by Crippen LogP contribution is 2.30. The summed E-state index contributed by atoms with van der Waals surface area (Å²) in [6.07, 6.45) is 6.55. The first-order chi connectivity index (χ1) is 20.6. The molecule has 7 nitrogen and oxygen atoms in total. The summed E-state index contributed by atoms with van der Waals surface area (Å²) in [6.45, 7) is 18.2. The van der Waals surface area contributed by atoms with Crippen LogP contribution in [0.5, 0.6) is 0 Å². The minimum atomic E-state index is -0.339. The normalized spacial score (nSPS) is 12.2. The molecule has 0 aliphatic carbocycles. The lowest BCUT2D eigenvalue weighted by molar-refractivity contribution is 0.0827. The first-order valence-corrected chi connectivity index (χ1v) is 15.4. The monoisotopic (exact) mass is 592 g/mol. The van der Waals surface area contributed by atoms with Gasteiger partial charge in [-0.15, -0.1) is 0 Å². The fourth-order valence-electron chi connectivity index (χ4n) is 4.75. The summed E-state index contributed by atoms with van der Waals surface area (Å²) in [6, 6.07) is 11.1. The van der Waals surface area contributed by atoms with Crippen molar-refractivity contribution in [2.24, 2.45) is 7.05 Å². The lowest BCUT2D eigenvalue weighted by Crippen LogP contribution is -2.29. The Bertz CT molecular complexity index is 1360. The van der Waals surface area contributed by atoms with Crippen molar-refractivity contribution < 1.29 is 9.18 Å². The Morgan fingerprint density at radius 3 is 2.23 bits per heavy atom. The van der Waals surface area contributed by atoms with Crippen molar-refractivity contribution in [3.8, 4) is 11.1 Å². The molecule has 1 aliphatic rings. The van der Waals surface area contributed by atoms with Gasteiger partial charge in [-0.1, -0.05) is 47.6 Å². The van der Waals surface area contributed by atoms with Crippen molar-refractivity contribution in [3.63, 3.8) is 0 Å². The van der Waals surface area contributed by atoms with Crippen LogP contribution in [0.15, 0.2) is 54.9 Å². The number of H-pyrrole nitrogens is 1. The third-order valence-electron chi connectivity index (χ3n) is 6.79. The summed E-state index contributed by atoms with van der Waals surface area (Å²) < 4.78 is 17.1. The van der Waals surface area contributed by atoms with Gasteiger partial charge in [-0.3, -0.25) is 14.4 Å². The Kier molecular flexibility index (Phi) is 16.0. The largest absolute Gasteiger partial charge is 0.384 e. The predicted molar refractivity (Wildman–Crippen MR) is 181 cm³/mol. The van der Waals surface area contributed by atoms with Gasteiger partial charge in [0.1, 0.15) is 11.6 Å². The molecule has 43 heavy (non-hydrogen) atoms. The summed E-state index contributed by atoms with van der Waals surface area (Å²) in [7, 11) is 5.34. The van der Waals surface area contributed by atoms with Crippen LogP contribution >= 0.6 is 0 Å². The minimum Gasteiger partial charge on any atom is -0.384 e. The van der Waals surface area contributed by atoms with E-state index in [2.05, 4.69) is 34.0 Å². The van der Waals surface area contributed by atoms with Crippen LogP contribution in [0.4, 0.5) is 10.2 Å². The lowest BCUT2D eigenvalue weighted by Gasteiger charge is -2.28. The number of aryl methyl sites for hydroxylation is 3. The third kappa shape index (κ3) is 10.1. The van der Waals surface area contributed by atoms with Crippen LogP contribution in [0.2, 0.25) is 0 Å². The standard InChI is InChI=1S/C29H35FN6O.3C2H6/c1-19-15-24(35(5)33-11-8-25(19)22-6-7-27(31)32-17-22)18-36-12-9-21(10-13-36)28-20(2)14-23(16-26(28)30)29(37)34(3)4;3*1-2/h6-9,11,14-17,33H,10,12-13,18H2,1-5H3,(H2,31,32);3*1-2H3. The van der Waals surface area contributed by atoms with E-state index in [-0.39, 0.29) is 11.7 Å². The van der Waals surface area contributed by atoms with Gasteiger partial charge in [0.25, 0.3) is 5.91 Å². The number of nitrogens with one attached hydrogen (secondary N) is 1. The van der Waals surface area contributed by atoms with Crippen LogP contribution < -0.4 is 5.73 Å². The minimum absolute atomic E-state index is 0.197. The molecule has 0 fully saturated rings. The first-order valence-electron chi connectivity index (χ1n) is 15.4. The van der Waals surface area contributed by atoms with Crippen molar-refractivity contribution in [1.82, 2.24) is 24.6 Å². The van der Waals surface area contributed by atoms with Gasteiger partial charge in [-0.25, -0.2) is 9.37 Å². The van der Waals surface area contributed by atoms with Gasteiger partial charge in [0.15, 0.2) is 0 Å². The summed E-state index contributed by atoms with van der Waals surface area (Å²) in [5.74, 6) is -0.0390. The Morgan fingerprint density at radius 2 is 1.70 bits per heavy atom. The van der Waals surface area contributed by atoms with E-state index in [1.807, 2.05) is 84.6 Å². The summed E-state index contributed by atoms with van der Waals surface area (Å²) in [5, 5.41) is 3.31. The van der Waals surface area contributed by atoms with E-state index in [1.54, 1.807) is 26.4 Å². The molecule has 1 amide bonds. The Balaban J connectivity index is 0.00000145. The number of nitrogen functional groups attached to an aromatic ring is 1. The van der Waals surface area contributed by atoms with Crippen molar-refractivity contribution in [2.75, 3.05) is 32.9 Å². The van der Waals surface area contributed by atoms with Crippen molar-refractivity contribution in [2.45, 2.75) is 68.4 Å². The zero-order chi connectivity index (χ0) is 32.7. The van der Waals surface area contributed by atoms with Crippen LogP contribution in [0.3, 0.4) is 0 Å². The van der Waals surface area contributed by atoms with E-state index in [1.165, 1.54) is 11.0 Å². The molecule has 3 N–H and O–H groups in total. The van der Waals surface area contributed by atoms with Crippen molar-refractivity contribution >= 4 is 17.3 Å². The molecule has 0 atom stereocenters. The topological polar surface area (TPSA) is 83.2 Å². The number of hydrogen-bond donors (Lipinski definition) is 2. The van der Waals surface area contributed by atoms with Crippen LogP contribution in [0.25, 0.3) is 16.7 Å². The lowest BCUT2D eigenvalue weighted by atomic mass is 9.93. The Hall–Kier alpha value is -3.91. The third-order valence-corrected chi connectivity index (χ3v) is 6.79. The van der Waals surface area contributed by atoms with Crippen molar-refractivity contribution in [3.05, 3.63) is 88.6 Å². The number of aromatic nitrogens is 3. The van der Waals surface area contributed by atoms with Gasteiger partial charge < -0.3 is 15.7 Å². The number of benzene rings is 1. The number of nitrogens with zero attached hydrogens (tertiary/aromatic N) is 4. The molecule has 0 spiro atoms. The van der Waals surface area contributed by atoms with E-state index in [0.29, 0.717) is 23.5 Å². The molecule has 236 valence electrons. The SMILES string of the molecule is CC.CC.CC.Cc1cc(CN2CC=C(c3c(C)cc(C(=O)N(C)C)cc3F)CC2)n(C)[nH]ccc1-c1ccc(N)nc1. The highest BCUT2D eigenvalue weighted by atomic mass is 19.1. The Morgan fingerprint density at radius 1 is 1.02 bits per heavy atom. The van der Waals surface area contributed by atoms with Gasteiger partial charge in [0.2, 0.25) is 0 Å². The molecule has 0 saturated heterocycles. The van der Waals surface area contributed by atoms with Crippen LogP contribution in [-0.4, -0.2) is 57.7 Å². The molecule has 8 heteroatoms. The summed E-state index contributed by atoms with van der Waals surface area (Å²) in [5.41, 5.74) is 12.9. The van der Waals surface area contributed by atoms with E-state index in [0.717, 1.165) is 53.0 Å². The first kappa shape index (κ1) is 37.1. The molecule has 1 aliphatic heterocycles. The maximum Gasteiger partial charge on any atom is 0.253 e. The number of aromatic amines is 1. The number of hydrogen-bond acceptors (Lipinski definition) is 4. The average Bonchev–Trinajstić information content (AvgIpc) is 3.01. The summed E-state index contributed by atoms with van der Waals surface area (Å²) >= 11 is 0. The molecule has 4 rings (SSSR count). The van der Waals surface area contributed by atoms with Gasteiger partial charge in [-0.2, -0.15) is 0 Å². The zero-order valence-electron chi connectivity index (χ0n) is 28.2. The molecule has 2 aromatic heterocycles. The molecule has 0 saturated carbocycles.